The van der Waals surface area contributed by atoms with Gasteiger partial charge >= 0.3 is 0 Å². The van der Waals surface area contributed by atoms with Crippen molar-refractivity contribution in [3.63, 3.8) is 0 Å². The molecule has 1 fully saturated rings. The second kappa shape index (κ2) is 15.2. The Morgan fingerprint density at radius 2 is 1.71 bits per heavy atom. The normalized spacial score (nSPS) is 14.1. The molecule has 0 saturated heterocycles. The lowest BCUT2D eigenvalue weighted by atomic mass is 9.94. The summed E-state index contributed by atoms with van der Waals surface area (Å²) in [7, 11) is 1.60. The van der Waals surface area contributed by atoms with Crippen LogP contribution in [0.5, 0.6) is 5.75 Å². The molecule has 1 aliphatic carbocycles. The van der Waals surface area contributed by atoms with Crippen molar-refractivity contribution >= 4 is 35.1 Å². The van der Waals surface area contributed by atoms with E-state index in [0.717, 1.165) is 31.2 Å². The van der Waals surface area contributed by atoms with E-state index >= 15 is 0 Å². The number of nitrogens with one attached hydrogen (secondary N) is 2. The van der Waals surface area contributed by atoms with Crippen molar-refractivity contribution in [3.8, 4) is 5.75 Å². The van der Waals surface area contributed by atoms with Gasteiger partial charge in [0.2, 0.25) is 17.7 Å². The van der Waals surface area contributed by atoms with Crippen molar-refractivity contribution in [3.05, 3.63) is 89.1 Å². The summed E-state index contributed by atoms with van der Waals surface area (Å²) in [5.41, 5.74) is 1.54. The van der Waals surface area contributed by atoms with Crippen molar-refractivity contribution in [2.75, 3.05) is 12.4 Å². The third-order valence-corrected chi connectivity index (χ3v) is 7.51. The highest BCUT2D eigenvalue weighted by atomic mass is 35.5. The maximum absolute atomic E-state index is 13.9. The lowest BCUT2D eigenvalue weighted by Crippen LogP contribution is -2.46. The zero-order valence-electron chi connectivity index (χ0n) is 23.4. The number of carbonyl (C=O) groups excluding carboxylic acids is 3. The number of aromatic nitrogens is 1. The Morgan fingerprint density at radius 3 is 2.37 bits per heavy atom. The minimum atomic E-state index is -0.855. The van der Waals surface area contributed by atoms with Gasteiger partial charge in [0.05, 0.1) is 7.11 Å². The van der Waals surface area contributed by atoms with Crippen LogP contribution in [-0.4, -0.2) is 40.8 Å². The van der Waals surface area contributed by atoms with E-state index in [1.807, 2.05) is 24.3 Å². The summed E-state index contributed by atoms with van der Waals surface area (Å²) < 4.78 is 5.29. The topological polar surface area (TPSA) is 101 Å². The quantitative estimate of drug-likeness (QED) is 0.272. The fourth-order valence-electron chi connectivity index (χ4n) is 5.08. The van der Waals surface area contributed by atoms with Gasteiger partial charge in [0.25, 0.3) is 0 Å². The number of methoxy groups -OCH3 is 1. The number of carbonyl (C=O) groups is 3. The average molecular weight is 577 g/mol. The Balaban J connectivity index is 1.55. The second-order valence-electron chi connectivity index (χ2n) is 10.3. The lowest BCUT2D eigenvalue weighted by molar-refractivity contribution is -0.142. The molecule has 0 unspecified atom stereocenters. The maximum atomic E-state index is 13.9. The van der Waals surface area contributed by atoms with Crippen LogP contribution in [0.3, 0.4) is 0 Å². The fourth-order valence-corrected chi connectivity index (χ4v) is 5.21. The van der Waals surface area contributed by atoms with Crippen LogP contribution in [0.4, 0.5) is 5.82 Å². The fraction of sp³-hybridized carbons (Fsp3) is 0.375. The first-order valence-corrected chi connectivity index (χ1v) is 14.5. The average Bonchev–Trinajstić information content (AvgIpc) is 2.99. The van der Waals surface area contributed by atoms with Crippen molar-refractivity contribution in [2.45, 2.75) is 70.0 Å². The van der Waals surface area contributed by atoms with Gasteiger partial charge < -0.3 is 20.3 Å². The zero-order chi connectivity index (χ0) is 29.0. The molecule has 8 nitrogen and oxygen atoms in total. The number of nitrogens with zero attached hydrogens (tertiary/aromatic N) is 2. The Labute approximate surface area is 246 Å². The van der Waals surface area contributed by atoms with Gasteiger partial charge in [0, 0.05) is 36.6 Å². The van der Waals surface area contributed by atoms with Crippen LogP contribution in [0.25, 0.3) is 0 Å². The summed E-state index contributed by atoms with van der Waals surface area (Å²) in [5.74, 6) is 0.517. The Hall–Kier alpha value is -3.91. The number of benzene rings is 2. The molecular weight excluding hydrogens is 540 g/mol. The summed E-state index contributed by atoms with van der Waals surface area (Å²) >= 11 is 6.17. The molecule has 9 heteroatoms. The molecule has 1 atom stereocenters. The molecule has 41 heavy (non-hydrogen) atoms. The SMILES string of the molecule is COc1ccc(CN(C(=O)CCCC(=O)Nc2ccccn2)[C@H](C(=O)NC2CCCCC2)c2ccc(Cl)cc2)cc1. The van der Waals surface area contributed by atoms with Crippen LogP contribution in [0.1, 0.15) is 68.5 Å². The van der Waals surface area contributed by atoms with Crippen molar-refractivity contribution in [1.82, 2.24) is 15.2 Å². The molecule has 0 bridgehead atoms. The summed E-state index contributed by atoms with van der Waals surface area (Å²) in [5, 5.41) is 6.51. The molecule has 1 heterocycles. The highest BCUT2D eigenvalue weighted by molar-refractivity contribution is 6.30. The highest BCUT2D eigenvalue weighted by Crippen LogP contribution is 2.28. The van der Waals surface area contributed by atoms with Gasteiger partial charge in [0.15, 0.2) is 0 Å². The third-order valence-electron chi connectivity index (χ3n) is 7.26. The Bertz CT molecular complexity index is 1280. The van der Waals surface area contributed by atoms with E-state index in [1.54, 1.807) is 60.7 Å². The van der Waals surface area contributed by atoms with E-state index in [-0.39, 0.29) is 43.1 Å². The molecule has 0 radical (unpaired) electrons. The van der Waals surface area contributed by atoms with Gasteiger partial charge in [-0.25, -0.2) is 4.98 Å². The molecule has 0 aliphatic heterocycles. The summed E-state index contributed by atoms with van der Waals surface area (Å²) in [4.78, 5) is 45.9. The van der Waals surface area contributed by atoms with Gasteiger partial charge in [-0.2, -0.15) is 0 Å². The number of ether oxygens (including phenoxy) is 1. The van der Waals surface area contributed by atoms with E-state index < -0.39 is 6.04 Å². The van der Waals surface area contributed by atoms with Crippen LogP contribution < -0.4 is 15.4 Å². The number of pyridine rings is 1. The molecular formula is C32H37ClN4O4. The second-order valence-corrected chi connectivity index (χ2v) is 10.7. The number of rotatable bonds is 12. The molecule has 0 spiro atoms. The Morgan fingerprint density at radius 1 is 0.976 bits per heavy atom. The van der Waals surface area contributed by atoms with Crippen molar-refractivity contribution in [1.29, 1.82) is 0 Å². The van der Waals surface area contributed by atoms with Crippen LogP contribution >= 0.6 is 11.6 Å². The van der Waals surface area contributed by atoms with E-state index in [9.17, 15) is 14.4 Å². The first-order chi connectivity index (χ1) is 19.9. The molecule has 1 aromatic heterocycles. The van der Waals surface area contributed by atoms with Gasteiger partial charge in [-0.05, 0) is 66.8 Å². The molecule has 2 N–H and O–H groups in total. The van der Waals surface area contributed by atoms with Gasteiger partial charge in [-0.1, -0.05) is 61.2 Å². The molecule has 1 aliphatic rings. The highest BCUT2D eigenvalue weighted by Gasteiger charge is 2.33. The number of anilines is 1. The van der Waals surface area contributed by atoms with Crippen LogP contribution in [0.2, 0.25) is 5.02 Å². The summed E-state index contributed by atoms with van der Waals surface area (Å²) in [6.45, 7) is 0.217. The molecule has 3 aromatic rings. The minimum absolute atomic E-state index is 0.0827. The first-order valence-electron chi connectivity index (χ1n) is 14.1. The maximum Gasteiger partial charge on any atom is 0.247 e. The molecule has 2 aromatic carbocycles. The van der Waals surface area contributed by atoms with E-state index in [2.05, 4.69) is 15.6 Å². The number of amides is 3. The zero-order valence-corrected chi connectivity index (χ0v) is 24.1. The summed E-state index contributed by atoms with van der Waals surface area (Å²) in [6, 6.07) is 19.0. The summed E-state index contributed by atoms with van der Waals surface area (Å²) in [6.07, 6.45) is 7.36. The molecule has 1 saturated carbocycles. The first kappa shape index (κ1) is 30.1. The molecule has 3 amide bonds. The Kier molecular flexibility index (Phi) is 11.1. The van der Waals surface area contributed by atoms with Crippen molar-refractivity contribution in [2.24, 2.45) is 0 Å². The smallest absolute Gasteiger partial charge is 0.247 e. The molecule has 216 valence electrons. The third kappa shape index (κ3) is 9.05. The minimum Gasteiger partial charge on any atom is -0.497 e. The van der Waals surface area contributed by atoms with Crippen LogP contribution in [0, 0.1) is 0 Å². The number of halogens is 1. The van der Waals surface area contributed by atoms with Gasteiger partial charge in [-0.15, -0.1) is 0 Å². The molecule has 4 rings (SSSR count). The van der Waals surface area contributed by atoms with E-state index in [4.69, 9.17) is 16.3 Å². The van der Waals surface area contributed by atoms with Crippen LogP contribution in [0.15, 0.2) is 72.9 Å². The van der Waals surface area contributed by atoms with Gasteiger partial charge in [0.1, 0.15) is 17.6 Å². The van der Waals surface area contributed by atoms with Crippen molar-refractivity contribution < 1.29 is 19.1 Å². The van der Waals surface area contributed by atoms with E-state index in [0.29, 0.717) is 28.6 Å². The largest absolute Gasteiger partial charge is 0.497 e. The predicted octanol–water partition coefficient (Wildman–Crippen LogP) is 6.07. The number of hydrogen-bond donors (Lipinski definition) is 2. The van der Waals surface area contributed by atoms with Crippen LogP contribution in [-0.2, 0) is 20.9 Å². The standard InChI is InChI=1S/C32H37ClN4O4/c1-41-27-19-13-23(14-20-27)22-37(30(39)12-7-11-29(38)36-28-10-5-6-21-34-28)31(24-15-17-25(33)18-16-24)32(40)35-26-8-3-2-4-9-26/h5-6,10,13-21,26,31H,2-4,7-9,11-12,22H2,1H3,(H,35,40)(H,34,36,38)/t31-/m0/s1. The number of hydrogen-bond acceptors (Lipinski definition) is 5. The predicted molar refractivity (Wildman–Crippen MR) is 159 cm³/mol. The monoisotopic (exact) mass is 576 g/mol. The van der Waals surface area contributed by atoms with Gasteiger partial charge in [-0.3, -0.25) is 14.4 Å². The van der Waals surface area contributed by atoms with E-state index in [1.165, 1.54) is 6.42 Å². The lowest BCUT2D eigenvalue weighted by Gasteiger charge is -2.33.